The van der Waals surface area contributed by atoms with Crippen molar-refractivity contribution in [2.45, 2.75) is 19.3 Å². The van der Waals surface area contributed by atoms with Gasteiger partial charge in [-0.2, -0.15) is 0 Å². The van der Waals surface area contributed by atoms with E-state index in [4.69, 9.17) is 5.11 Å². The maximum absolute atomic E-state index is 9.12. The fourth-order valence-electron chi connectivity index (χ4n) is 1.88. The number of aliphatic hydroxyl groups excluding tert-OH is 1. The van der Waals surface area contributed by atoms with E-state index >= 15 is 0 Å². The summed E-state index contributed by atoms with van der Waals surface area (Å²) in [5.41, 5.74) is 2.49. The summed E-state index contributed by atoms with van der Waals surface area (Å²) in [6.45, 7) is 2.32. The van der Waals surface area contributed by atoms with Gasteiger partial charge in [0.15, 0.2) is 0 Å². The molecule has 1 unspecified atom stereocenters. The minimum Gasteiger partial charge on any atom is -0.396 e. The van der Waals surface area contributed by atoms with E-state index in [1.165, 1.54) is 16.1 Å². The Bertz CT molecular complexity index is 405. The highest BCUT2D eigenvalue weighted by atomic mass is 32.1. The molecular formula is C12H15NOS. The third kappa shape index (κ3) is 2.13. The Labute approximate surface area is 93.6 Å². The zero-order valence-corrected chi connectivity index (χ0v) is 9.55. The van der Waals surface area contributed by atoms with Crippen LogP contribution in [-0.4, -0.2) is 16.7 Å². The predicted molar refractivity (Wildman–Crippen MR) is 63.4 cm³/mol. The Morgan fingerprint density at radius 2 is 2.33 bits per heavy atom. The van der Waals surface area contributed by atoms with E-state index < -0.39 is 0 Å². The van der Waals surface area contributed by atoms with Crippen LogP contribution in [0, 0.1) is 6.92 Å². The lowest BCUT2D eigenvalue weighted by Crippen LogP contribution is -2.03. The van der Waals surface area contributed by atoms with E-state index in [2.05, 4.69) is 35.5 Å². The van der Waals surface area contributed by atoms with Gasteiger partial charge >= 0.3 is 0 Å². The average Bonchev–Trinajstić information content (AvgIpc) is 2.85. The monoisotopic (exact) mass is 221 g/mol. The van der Waals surface area contributed by atoms with E-state index in [9.17, 15) is 0 Å². The fraction of sp³-hybridized carbons (Fsp3) is 0.333. The number of aliphatic hydroxyl groups is 1. The zero-order valence-electron chi connectivity index (χ0n) is 8.73. The Kier molecular flexibility index (Phi) is 3.23. The second-order valence-electron chi connectivity index (χ2n) is 3.65. The average molecular weight is 221 g/mol. The molecule has 0 aliphatic rings. The van der Waals surface area contributed by atoms with Gasteiger partial charge in [0.1, 0.15) is 0 Å². The largest absolute Gasteiger partial charge is 0.396 e. The third-order valence-corrected chi connectivity index (χ3v) is 3.64. The van der Waals surface area contributed by atoms with E-state index in [0.717, 1.165) is 6.42 Å². The summed E-state index contributed by atoms with van der Waals surface area (Å²) in [4.78, 5) is 4.59. The van der Waals surface area contributed by atoms with Crippen molar-refractivity contribution in [2.75, 3.05) is 6.61 Å². The summed E-state index contributed by atoms with van der Waals surface area (Å²) < 4.78 is 0. The number of thiophene rings is 1. The quantitative estimate of drug-likeness (QED) is 0.818. The smallest absolute Gasteiger partial charge is 0.0440 e. The van der Waals surface area contributed by atoms with Gasteiger partial charge in [-0.05, 0) is 36.4 Å². The van der Waals surface area contributed by atoms with Crippen LogP contribution in [-0.2, 0) is 0 Å². The van der Waals surface area contributed by atoms with Crippen molar-refractivity contribution in [2.24, 2.45) is 0 Å². The molecule has 0 aromatic carbocycles. The summed E-state index contributed by atoms with van der Waals surface area (Å²) in [5.74, 6) is 0.310. The van der Waals surface area contributed by atoms with E-state index in [0.29, 0.717) is 5.92 Å². The molecule has 2 heterocycles. The number of aromatic amines is 1. The molecule has 2 aromatic rings. The first-order valence-electron chi connectivity index (χ1n) is 5.11. The molecule has 3 heteroatoms. The maximum atomic E-state index is 9.12. The number of rotatable bonds is 4. The summed E-state index contributed by atoms with van der Waals surface area (Å²) in [6, 6.07) is 6.27. The molecule has 15 heavy (non-hydrogen) atoms. The van der Waals surface area contributed by atoms with E-state index in [-0.39, 0.29) is 6.61 Å². The van der Waals surface area contributed by atoms with Crippen molar-refractivity contribution < 1.29 is 5.11 Å². The summed E-state index contributed by atoms with van der Waals surface area (Å²) in [6.07, 6.45) is 2.74. The molecule has 0 aliphatic heterocycles. The van der Waals surface area contributed by atoms with Crippen molar-refractivity contribution in [1.82, 2.24) is 4.98 Å². The Hall–Kier alpha value is -1.06. The molecule has 0 amide bonds. The first-order chi connectivity index (χ1) is 7.33. The molecule has 80 valence electrons. The van der Waals surface area contributed by atoms with Gasteiger partial charge in [0.05, 0.1) is 0 Å². The van der Waals surface area contributed by atoms with Crippen molar-refractivity contribution in [3.63, 3.8) is 0 Å². The first kappa shape index (κ1) is 10.5. The highest BCUT2D eigenvalue weighted by Gasteiger charge is 2.17. The topological polar surface area (TPSA) is 36.0 Å². The SMILES string of the molecule is Cc1cc[nH]c1C(CCO)c1cccs1. The molecule has 2 N–H and O–H groups in total. The van der Waals surface area contributed by atoms with Crippen LogP contribution in [0.25, 0.3) is 0 Å². The number of hydrogen-bond donors (Lipinski definition) is 2. The molecule has 0 spiro atoms. The maximum Gasteiger partial charge on any atom is 0.0440 e. The summed E-state index contributed by atoms with van der Waals surface area (Å²) in [7, 11) is 0. The van der Waals surface area contributed by atoms with Crippen LogP contribution in [0.5, 0.6) is 0 Å². The first-order valence-corrected chi connectivity index (χ1v) is 5.99. The highest BCUT2D eigenvalue weighted by molar-refractivity contribution is 7.10. The second-order valence-corrected chi connectivity index (χ2v) is 4.63. The van der Waals surface area contributed by atoms with Gasteiger partial charge in [0.2, 0.25) is 0 Å². The van der Waals surface area contributed by atoms with Gasteiger partial charge in [0.25, 0.3) is 0 Å². The molecule has 2 aromatic heterocycles. The van der Waals surface area contributed by atoms with Gasteiger partial charge in [-0.25, -0.2) is 0 Å². The fourth-order valence-corrected chi connectivity index (χ4v) is 2.75. The van der Waals surface area contributed by atoms with Crippen molar-refractivity contribution >= 4 is 11.3 Å². The minimum absolute atomic E-state index is 0.223. The zero-order chi connectivity index (χ0) is 10.7. The van der Waals surface area contributed by atoms with Gasteiger partial charge < -0.3 is 10.1 Å². The van der Waals surface area contributed by atoms with Crippen LogP contribution in [0.1, 0.15) is 28.5 Å². The Balaban J connectivity index is 2.32. The van der Waals surface area contributed by atoms with Crippen LogP contribution >= 0.6 is 11.3 Å². The van der Waals surface area contributed by atoms with Gasteiger partial charge in [-0.3, -0.25) is 0 Å². The lowest BCUT2D eigenvalue weighted by atomic mass is 9.97. The van der Waals surface area contributed by atoms with Gasteiger partial charge in [0, 0.05) is 29.3 Å². The van der Waals surface area contributed by atoms with Gasteiger partial charge in [-0.1, -0.05) is 6.07 Å². The van der Waals surface area contributed by atoms with Crippen molar-refractivity contribution in [3.8, 4) is 0 Å². The molecule has 2 nitrogen and oxygen atoms in total. The Morgan fingerprint density at radius 3 is 2.87 bits per heavy atom. The molecular weight excluding hydrogens is 206 g/mol. The number of aryl methyl sites for hydroxylation is 1. The van der Waals surface area contributed by atoms with Crippen molar-refractivity contribution in [1.29, 1.82) is 0 Å². The highest BCUT2D eigenvalue weighted by Crippen LogP contribution is 2.31. The molecule has 1 atom stereocenters. The molecule has 0 radical (unpaired) electrons. The minimum atomic E-state index is 0.223. The molecule has 0 aliphatic carbocycles. The van der Waals surface area contributed by atoms with Crippen molar-refractivity contribution in [3.05, 3.63) is 45.9 Å². The van der Waals surface area contributed by atoms with Gasteiger partial charge in [-0.15, -0.1) is 11.3 Å². The standard InChI is InChI=1S/C12H15NOS/c1-9-4-6-13-12(9)10(5-7-14)11-3-2-8-15-11/h2-4,6,8,10,13-14H,5,7H2,1H3. The molecule has 0 saturated carbocycles. The van der Waals surface area contributed by atoms with Crippen LogP contribution in [0.15, 0.2) is 29.8 Å². The summed E-state index contributed by atoms with van der Waals surface area (Å²) in [5, 5.41) is 11.2. The molecule has 0 bridgehead atoms. The van der Waals surface area contributed by atoms with E-state index in [1.54, 1.807) is 11.3 Å². The van der Waals surface area contributed by atoms with Crippen LogP contribution in [0.4, 0.5) is 0 Å². The Morgan fingerprint density at radius 1 is 1.47 bits per heavy atom. The lowest BCUT2D eigenvalue weighted by molar-refractivity contribution is 0.281. The number of hydrogen-bond acceptors (Lipinski definition) is 2. The second kappa shape index (κ2) is 4.64. The van der Waals surface area contributed by atoms with Crippen LogP contribution < -0.4 is 0 Å². The van der Waals surface area contributed by atoms with E-state index in [1.807, 2.05) is 6.20 Å². The van der Waals surface area contributed by atoms with Crippen LogP contribution in [0.2, 0.25) is 0 Å². The lowest BCUT2D eigenvalue weighted by Gasteiger charge is -2.14. The normalized spacial score (nSPS) is 12.9. The molecule has 0 fully saturated rings. The van der Waals surface area contributed by atoms with Crippen LogP contribution in [0.3, 0.4) is 0 Å². The molecule has 0 saturated heterocycles. The number of nitrogens with one attached hydrogen (secondary N) is 1. The number of aromatic nitrogens is 1. The summed E-state index contributed by atoms with van der Waals surface area (Å²) >= 11 is 1.75. The third-order valence-electron chi connectivity index (χ3n) is 2.65. The predicted octanol–water partition coefficient (Wildman–Crippen LogP) is 2.90. The molecule has 2 rings (SSSR count). The number of H-pyrrole nitrogens is 1.